The van der Waals surface area contributed by atoms with E-state index in [0.717, 1.165) is 51.4 Å². The highest BCUT2D eigenvalue weighted by molar-refractivity contribution is 5.69. The van der Waals surface area contributed by atoms with Gasteiger partial charge in [0.1, 0.15) is 0 Å². The van der Waals surface area contributed by atoms with Gasteiger partial charge < -0.3 is 15.0 Å². The van der Waals surface area contributed by atoms with E-state index < -0.39 is 12.1 Å². The van der Waals surface area contributed by atoms with Crippen LogP contribution >= 0.6 is 0 Å². The number of unbranched alkanes of at least 4 members (excludes halogenated alkanes) is 10. The molecule has 0 aromatic heterocycles. The van der Waals surface area contributed by atoms with E-state index in [1.807, 2.05) is 0 Å². The van der Waals surface area contributed by atoms with Crippen LogP contribution in [0.5, 0.6) is 0 Å². The molecule has 1 atom stereocenters. The molecule has 0 aliphatic rings. The number of carboxylic acid groups (broad SMARTS) is 1. The molecule has 0 radical (unpaired) electrons. The molecule has 0 rings (SSSR count). The normalized spacial score (nSPS) is 13.5. The van der Waals surface area contributed by atoms with E-state index in [1.54, 1.807) is 0 Å². The van der Waals surface area contributed by atoms with Crippen molar-refractivity contribution in [3.63, 3.8) is 0 Å². The minimum atomic E-state index is -1.36. The van der Waals surface area contributed by atoms with Crippen molar-refractivity contribution < 1.29 is 15.0 Å². The van der Waals surface area contributed by atoms with Crippen LogP contribution in [0.1, 0.15) is 116 Å². The molecule has 0 fully saturated rings. The average molecular weight is 458 g/mol. The van der Waals surface area contributed by atoms with E-state index in [1.165, 1.54) is 51.4 Å². The lowest BCUT2D eigenvalue weighted by Crippen LogP contribution is -2.35. The van der Waals surface area contributed by atoms with Crippen molar-refractivity contribution >= 4 is 5.97 Å². The molecular formula is C30H49O3-. The summed E-state index contributed by atoms with van der Waals surface area (Å²) < 4.78 is 0. The van der Waals surface area contributed by atoms with Gasteiger partial charge in [0, 0.05) is 0 Å². The molecule has 0 aliphatic heterocycles. The van der Waals surface area contributed by atoms with Gasteiger partial charge in [-0.15, -0.1) is 0 Å². The third-order valence-electron chi connectivity index (χ3n) is 5.52. The zero-order valence-corrected chi connectivity index (χ0v) is 21.1. The molecule has 0 aliphatic carbocycles. The summed E-state index contributed by atoms with van der Waals surface area (Å²) >= 11 is 0. The van der Waals surface area contributed by atoms with Crippen molar-refractivity contribution in [3.8, 4) is 0 Å². The maximum absolute atomic E-state index is 10.4. The number of aliphatic hydroxyl groups excluding tert-OH is 1. The summed E-state index contributed by atoms with van der Waals surface area (Å²) in [5.74, 6) is -1.36. The Hall–Kier alpha value is -1.87. The summed E-state index contributed by atoms with van der Waals surface area (Å²) in [7, 11) is 0. The van der Waals surface area contributed by atoms with Gasteiger partial charge >= 0.3 is 0 Å². The highest BCUT2D eigenvalue weighted by Crippen LogP contribution is 2.11. The molecule has 0 spiro atoms. The third kappa shape index (κ3) is 26.3. The second-order valence-corrected chi connectivity index (χ2v) is 8.68. The summed E-state index contributed by atoms with van der Waals surface area (Å²) in [6, 6.07) is 0. The number of rotatable bonds is 23. The van der Waals surface area contributed by atoms with E-state index in [9.17, 15) is 9.90 Å². The van der Waals surface area contributed by atoms with Crippen LogP contribution in [0, 0.1) is 0 Å². The first-order valence-electron chi connectivity index (χ1n) is 13.3. The van der Waals surface area contributed by atoms with Crippen LogP contribution in [0.4, 0.5) is 0 Å². The predicted octanol–water partition coefficient (Wildman–Crippen LogP) is 7.53. The highest BCUT2D eigenvalue weighted by Gasteiger charge is 2.03. The number of hydrogen-bond donors (Lipinski definition) is 1. The number of allylic oxidation sites excluding steroid dienone is 10. The van der Waals surface area contributed by atoms with Crippen LogP contribution in [0.3, 0.4) is 0 Å². The Morgan fingerprint density at radius 3 is 1.39 bits per heavy atom. The number of aliphatic carboxylic acids is 1. The van der Waals surface area contributed by atoms with Crippen LogP contribution in [0.15, 0.2) is 60.8 Å². The predicted molar refractivity (Wildman–Crippen MR) is 141 cm³/mol. The third-order valence-corrected chi connectivity index (χ3v) is 5.52. The Bertz CT molecular complexity index is 569. The van der Waals surface area contributed by atoms with Crippen LogP contribution in [-0.2, 0) is 4.79 Å². The van der Waals surface area contributed by atoms with Crippen molar-refractivity contribution in [1.82, 2.24) is 0 Å². The molecule has 0 saturated carbocycles. The van der Waals surface area contributed by atoms with Gasteiger partial charge in [-0.2, -0.15) is 0 Å². The lowest BCUT2D eigenvalue weighted by Gasteiger charge is -2.10. The van der Waals surface area contributed by atoms with E-state index in [2.05, 4.69) is 67.7 Å². The maximum atomic E-state index is 10.4. The fraction of sp³-hybridized carbons (Fsp3) is 0.633. The molecule has 0 heterocycles. The first-order chi connectivity index (χ1) is 16.2. The zero-order chi connectivity index (χ0) is 24.2. The van der Waals surface area contributed by atoms with Gasteiger partial charge in [0.15, 0.2) is 0 Å². The van der Waals surface area contributed by atoms with Crippen molar-refractivity contribution in [1.29, 1.82) is 0 Å². The molecule has 0 saturated heterocycles. The van der Waals surface area contributed by atoms with E-state index in [-0.39, 0.29) is 0 Å². The zero-order valence-electron chi connectivity index (χ0n) is 21.1. The largest absolute Gasteiger partial charge is 0.547 e. The Balaban J connectivity index is 3.40. The Morgan fingerprint density at radius 2 is 0.970 bits per heavy atom. The number of carboxylic acids is 1. The van der Waals surface area contributed by atoms with Crippen LogP contribution < -0.4 is 5.11 Å². The van der Waals surface area contributed by atoms with Gasteiger partial charge in [-0.25, -0.2) is 0 Å². The van der Waals surface area contributed by atoms with Gasteiger partial charge in [-0.05, 0) is 57.8 Å². The lowest BCUT2D eigenvalue weighted by molar-refractivity contribution is -0.315. The van der Waals surface area contributed by atoms with Gasteiger partial charge in [0.25, 0.3) is 0 Å². The first kappa shape index (κ1) is 31.1. The van der Waals surface area contributed by atoms with E-state index in [4.69, 9.17) is 5.11 Å². The van der Waals surface area contributed by atoms with Gasteiger partial charge in [0.05, 0.1) is 12.1 Å². The number of hydrogen-bond acceptors (Lipinski definition) is 3. The maximum Gasteiger partial charge on any atom is 0.0933 e. The lowest BCUT2D eigenvalue weighted by atomic mass is 10.1. The molecule has 1 unspecified atom stereocenters. The number of aliphatic hydroxyl groups is 1. The van der Waals surface area contributed by atoms with Crippen molar-refractivity contribution in [3.05, 3.63) is 60.8 Å². The number of carbonyl (C=O) groups is 1. The Morgan fingerprint density at radius 1 is 0.606 bits per heavy atom. The smallest absolute Gasteiger partial charge is 0.0933 e. The minimum absolute atomic E-state index is 0.312. The van der Waals surface area contributed by atoms with Crippen molar-refractivity contribution in [2.45, 2.75) is 122 Å². The monoisotopic (exact) mass is 457 g/mol. The highest BCUT2D eigenvalue weighted by atomic mass is 16.4. The molecular weight excluding hydrogens is 408 g/mol. The minimum Gasteiger partial charge on any atom is -0.547 e. The summed E-state index contributed by atoms with van der Waals surface area (Å²) in [5, 5.41) is 19.5. The first-order valence-corrected chi connectivity index (χ1v) is 13.3. The van der Waals surface area contributed by atoms with Gasteiger partial charge in [0.2, 0.25) is 0 Å². The molecule has 0 amide bonds. The summed E-state index contributed by atoms with van der Waals surface area (Å²) in [4.78, 5) is 10.4. The molecule has 0 aromatic rings. The second-order valence-electron chi connectivity index (χ2n) is 8.68. The summed E-state index contributed by atoms with van der Waals surface area (Å²) in [5.41, 5.74) is 0. The van der Waals surface area contributed by atoms with Crippen LogP contribution in [0.2, 0.25) is 0 Å². The van der Waals surface area contributed by atoms with Crippen LogP contribution in [0.25, 0.3) is 0 Å². The quantitative estimate of drug-likeness (QED) is 0.127. The number of carbonyl (C=O) groups excluding carboxylic acids is 1. The fourth-order valence-electron chi connectivity index (χ4n) is 3.43. The molecule has 1 N–H and O–H groups in total. The molecule has 33 heavy (non-hydrogen) atoms. The molecule has 3 nitrogen and oxygen atoms in total. The Kier molecular flexibility index (Phi) is 24.9. The van der Waals surface area contributed by atoms with Gasteiger partial charge in [-0.1, -0.05) is 119 Å². The van der Waals surface area contributed by atoms with Gasteiger partial charge in [-0.3, -0.25) is 0 Å². The van der Waals surface area contributed by atoms with Crippen molar-refractivity contribution in [2.24, 2.45) is 0 Å². The van der Waals surface area contributed by atoms with E-state index >= 15 is 0 Å². The molecule has 3 heteroatoms. The molecule has 0 bridgehead atoms. The standard InChI is InChI=1S/C30H50O3/c1-2-3-4-5-6-7-8-9-10-11-12-13-14-15-16-17-18-19-20-21-22-23-24-25-26-27-28-29(31)30(32)33/h6-7,9-10,12-13,15-16,18-19,29,31H,2-5,8,11,14,17,20-28H2,1H3,(H,32,33)/p-1/b7-6-,10-9-,13-12-,16-15-,19-18-. The fourth-order valence-corrected chi connectivity index (χ4v) is 3.43. The second kappa shape index (κ2) is 26.4. The van der Waals surface area contributed by atoms with Crippen LogP contribution in [-0.4, -0.2) is 17.2 Å². The van der Waals surface area contributed by atoms with Crippen molar-refractivity contribution in [2.75, 3.05) is 0 Å². The summed E-state index contributed by atoms with van der Waals surface area (Å²) in [6.45, 7) is 2.24. The SMILES string of the molecule is CCCCC/C=C\C/C=C\C/C=C\C/C=C\C/C=C\CCCCCCCCCC(O)C(=O)[O-]. The topological polar surface area (TPSA) is 60.4 Å². The summed E-state index contributed by atoms with van der Waals surface area (Å²) in [6.07, 6.45) is 39.7. The average Bonchev–Trinajstić information content (AvgIpc) is 2.81. The molecule has 0 aromatic carbocycles. The molecule has 188 valence electrons. The Labute approximate surface area is 204 Å². The van der Waals surface area contributed by atoms with E-state index in [0.29, 0.717) is 6.42 Å².